The van der Waals surface area contributed by atoms with E-state index in [2.05, 4.69) is 16.3 Å². The lowest BCUT2D eigenvalue weighted by Gasteiger charge is -2.07. The zero-order valence-corrected chi connectivity index (χ0v) is 10.4. The molecule has 0 atom stereocenters. The van der Waals surface area contributed by atoms with Crippen molar-refractivity contribution in [3.05, 3.63) is 61.7 Å². The highest BCUT2D eigenvalue weighted by Crippen LogP contribution is 2.26. The van der Waals surface area contributed by atoms with Crippen molar-refractivity contribution in [3.63, 3.8) is 0 Å². The third-order valence-electron chi connectivity index (χ3n) is 3.33. The molecule has 1 heterocycles. The molecule has 0 bridgehead atoms. The summed E-state index contributed by atoms with van der Waals surface area (Å²) in [5.74, 6) is 0.785. The number of rotatable bonds is 3. The Morgan fingerprint density at radius 3 is 2.74 bits per heavy atom. The molecule has 0 radical (unpaired) electrons. The van der Waals surface area contributed by atoms with Gasteiger partial charge in [0.25, 0.3) is 0 Å². The van der Waals surface area contributed by atoms with E-state index in [-0.39, 0.29) is 6.61 Å². The van der Waals surface area contributed by atoms with Gasteiger partial charge in [-0.25, -0.2) is 0 Å². The van der Waals surface area contributed by atoms with Gasteiger partial charge in [0.15, 0.2) is 0 Å². The summed E-state index contributed by atoms with van der Waals surface area (Å²) in [5.41, 5.74) is 2.06. The van der Waals surface area contributed by atoms with Crippen molar-refractivity contribution in [2.45, 2.75) is 25.9 Å². The molecular weight excluding hydrogens is 244 g/mol. The number of H-pyrrole nitrogens is 2. The second-order valence-corrected chi connectivity index (χ2v) is 4.69. The van der Waals surface area contributed by atoms with Gasteiger partial charge in [-0.15, -0.1) is 0 Å². The van der Waals surface area contributed by atoms with Crippen molar-refractivity contribution >= 4 is 0 Å². The van der Waals surface area contributed by atoms with Crippen LogP contribution in [-0.4, -0.2) is 10.2 Å². The van der Waals surface area contributed by atoms with E-state index >= 15 is 0 Å². The average molecular weight is 258 g/mol. The molecule has 3 rings (SSSR count). The lowest BCUT2D eigenvalue weighted by molar-refractivity contribution is 0.299. The van der Waals surface area contributed by atoms with Crippen LogP contribution < -0.4 is 15.7 Å². The van der Waals surface area contributed by atoms with Gasteiger partial charge in [0.2, 0.25) is 5.43 Å². The van der Waals surface area contributed by atoms with Crippen molar-refractivity contribution in [2.24, 2.45) is 0 Å². The number of hydrogen-bond donors (Lipinski definition) is 2. The lowest BCUT2D eigenvalue weighted by Crippen LogP contribution is -2.28. The van der Waals surface area contributed by atoms with Crippen LogP contribution in [0.3, 0.4) is 0 Å². The van der Waals surface area contributed by atoms with Gasteiger partial charge in [-0.3, -0.25) is 19.8 Å². The topological polar surface area (TPSA) is 75.0 Å². The fourth-order valence-corrected chi connectivity index (χ4v) is 2.34. The molecule has 98 valence electrons. The largest absolute Gasteiger partial charge is 0.487 e. The zero-order chi connectivity index (χ0) is 13.2. The Morgan fingerprint density at radius 2 is 1.89 bits per heavy atom. The molecule has 0 saturated heterocycles. The molecule has 19 heavy (non-hydrogen) atoms. The maximum Gasteiger partial charge on any atom is 0.310 e. The van der Waals surface area contributed by atoms with Crippen molar-refractivity contribution < 1.29 is 4.74 Å². The highest BCUT2D eigenvalue weighted by molar-refractivity contribution is 5.38. The van der Waals surface area contributed by atoms with E-state index in [4.69, 9.17) is 4.74 Å². The summed E-state index contributed by atoms with van der Waals surface area (Å²) in [6, 6.07) is 7.33. The van der Waals surface area contributed by atoms with Crippen LogP contribution in [0.2, 0.25) is 0 Å². The third-order valence-corrected chi connectivity index (χ3v) is 3.33. The summed E-state index contributed by atoms with van der Waals surface area (Å²) in [7, 11) is 0. The first-order chi connectivity index (χ1) is 9.22. The van der Waals surface area contributed by atoms with Gasteiger partial charge in [-0.05, 0) is 42.5 Å². The Labute approximate surface area is 109 Å². The molecule has 0 unspecified atom stereocenters. The quantitative estimate of drug-likeness (QED) is 0.810. The summed E-state index contributed by atoms with van der Waals surface area (Å²) in [6.45, 7) is 0.227. The first-order valence-electron chi connectivity index (χ1n) is 6.28. The number of hydrogen-bond acceptors (Lipinski definition) is 3. The summed E-state index contributed by atoms with van der Waals surface area (Å²) in [5, 5.41) is 4.91. The second kappa shape index (κ2) is 4.76. The molecule has 1 aromatic heterocycles. The van der Waals surface area contributed by atoms with Crippen LogP contribution in [-0.2, 0) is 19.4 Å². The number of benzene rings is 1. The van der Waals surface area contributed by atoms with Crippen LogP contribution in [0.1, 0.15) is 23.2 Å². The van der Waals surface area contributed by atoms with Crippen LogP contribution >= 0.6 is 0 Å². The van der Waals surface area contributed by atoms with Crippen LogP contribution in [0.5, 0.6) is 5.75 Å². The number of aryl methyl sites for hydroxylation is 2. The fourth-order valence-electron chi connectivity index (χ4n) is 2.34. The number of fused-ring (bicyclic) bond motifs is 1. The van der Waals surface area contributed by atoms with Crippen molar-refractivity contribution in [2.75, 3.05) is 0 Å². The minimum Gasteiger partial charge on any atom is -0.487 e. The van der Waals surface area contributed by atoms with Gasteiger partial charge in [0.05, 0.1) is 5.69 Å². The highest BCUT2D eigenvalue weighted by Gasteiger charge is 2.11. The molecular formula is C14H14N2O3. The average Bonchev–Trinajstić information content (AvgIpc) is 2.87. The zero-order valence-electron chi connectivity index (χ0n) is 10.4. The number of aromatic amines is 2. The predicted octanol–water partition coefficient (Wildman–Crippen LogP) is 1.13. The number of aromatic nitrogens is 2. The van der Waals surface area contributed by atoms with Crippen molar-refractivity contribution in [1.29, 1.82) is 0 Å². The Kier molecular flexibility index (Phi) is 2.95. The Bertz CT molecular complexity index is 715. The van der Waals surface area contributed by atoms with E-state index in [9.17, 15) is 9.59 Å². The molecule has 2 N–H and O–H groups in total. The Hall–Kier alpha value is -2.30. The molecule has 1 aliphatic carbocycles. The molecule has 2 aromatic rings. The molecule has 1 aromatic carbocycles. The highest BCUT2D eigenvalue weighted by atomic mass is 16.5. The van der Waals surface area contributed by atoms with E-state index in [0.717, 1.165) is 18.6 Å². The van der Waals surface area contributed by atoms with Crippen LogP contribution in [0.4, 0.5) is 0 Å². The molecule has 0 saturated carbocycles. The number of nitrogens with one attached hydrogen (secondary N) is 2. The first-order valence-corrected chi connectivity index (χ1v) is 6.28. The third kappa shape index (κ3) is 2.45. The van der Waals surface area contributed by atoms with Gasteiger partial charge in [0, 0.05) is 6.07 Å². The summed E-state index contributed by atoms with van der Waals surface area (Å²) < 4.78 is 5.62. The summed E-state index contributed by atoms with van der Waals surface area (Å²) in [6.07, 6.45) is 3.44. The Morgan fingerprint density at radius 1 is 1.05 bits per heavy atom. The SMILES string of the molecule is O=c1cc(COc2ccc3c(c2)CCC3)[nH][nH]c1=O. The van der Waals surface area contributed by atoms with E-state index in [1.807, 2.05) is 12.1 Å². The standard InChI is InChI=1S/C14H14N2O3/c17-13-7-11(15-16-14(13)18)8-19-12-5-4-9-2-1-3-10(9)6-12/h4-7H,1-3,8H2,(H,15,17)(H,16,18). The van der Waals surface area contributed by atoms with Crippen molar-refractivity contribution in [1.82, 2.24) is 10.2 Å². The van der Waals surface area contributed by atoms with Crippen molar-refractivity contribution in [3.8, 4) is 5.75 Å². The molecule has 1 aliphatic rings. The second-order valence-electron chi connectivity index (χ2n) is 4.69. The number of ether oxygens (including phenoxy) is 1. The minimum atomic E-state index is -0.652. The Balaban J connectivity index is 1.73. The molecule has 5 heteroatoms. The molecule has 0 spiro atoms. The normalized spacial score (nSPS) is 13.3. The fraction of sp³-hybridized carbons (Fsp3) is 0.286. The van der Waals surface area contributed by atoms with E-state index in [0.29, 0.717) is 5.69 Å². The van der Waals surface area contributed by atoms with Crippen LogP contribution in [0, 0.1) is 0 Å². The van der Waals surface area contributed by atoms with E-state index < -0.39 is 11.0 Å². The van der Waals surface area contributed by atoms with E-state index in [1.165, 1.54) is 23.6 Å². The maximum atomic E-state index is 11.2. The van der Waals surface area contributed by atoms with Crippen LogP contribution in [0.25, 0.3) is 0 Å². The first kappa shape index (κ1) is 11.8. The van der Waals surface area contributed by atoms with Gasteiger partial charge >= 0.3 is 5.56 Å². The summed E-state index contributed by atoms with van der Waals surface area (Å²) >= 11 is 0. The van der Waals surface area contributed by atoms with Gasteiger partial charge in [0.1, 0.15) is 12.4 Å². The lowest BCUT2D eigenvalue weighted by atomic mass is 10.1. The minimum absolute atomic E-state index is 0.227. The maximum absolute atomic E-state index is 11.2. The van der Waals surface area contributed by atoms with Crippen LogP contribution in [0.15, 0.2) is 33.9 Å². The van der Waals surface area contributed by atoms with Gasteiger partial charge in [-0.2, -0.15) is 0 Å². The monoisotopic (exact) mass is 258 g/mol. The van der Waals surface area contributed by atoms with E-state index in [1.54, 1.807) is 0 Å². The van der Waals surface area contributed by atoms with Gasteiger partial charge in [-0.1, -0.05) is 6.07 Å². The molecule has 0 fully saturated rings. The van der Waals surface area contributed by atoms with Gasteiger partial charge < -0.3 is 4.74 Å². The smallest absolute Gasteiger partial charge is 0.310 e. The molecule has 0 amide bonds. The molecule has 5 nitrogen and oxygen atoms in total. The molecule has 0 aliphatic heterocycles. The summed E-state index contributed by atoms with van der Waals surface area (Å²) in [4.78, 5) is 22.1. The predicted molar refractivity (Wildman–Crippen MR) is 70.5 cm³/mol.